The molecule has 1 saturated carbocycles. The fourth-order valence-electron chi connectivity index (χ4n) is 7.30. The maximum atomic E-state index is 14.2. The maximum absolute atomic E-state index is 14.2. The number of carbonyl (C=O) groups is 2. The van der Waals surface area contributed by atoms with Crippen molar-refractivity contribution in [2.75, 3.05) is 13.7 Å². The number of ketones is 1. The molecule has 1 aliphatic heterocycles. The van der Waals surface area contributed by atoms with Crippen molar-refractivity contribution in [3.05, 3.63) is 48.2 Å². The molecule has 3 rings (SSSR count). The predicted octanol–water partition coefficient (Wildman–Crippen LogP) is 5.45. The van der Waals surface area contributed by atoms with Crippen molar-refractivity contribution in [3.63, 3.8) is 0 Å². The number of allylic oxidation sites excluding steroid dienone is 5. The second-order valence-electron chi connectivity index (χ2n) is 12.1. The lowest BCUT2D eigenvalue weighted by Gasteiger charge is -2.68. The molecule has 1 saturated heterocycles. The fraction of sp³-hybridized carbons (Fsp3) is 0.656. The average Bonchev–Trinajstić information content (AvgIpc) is 2.90. The number of fused-ring (bicyclic) bond motifs is 1. The maximum Gasteiger partial charge on any atom is 0.309 e. The summed E-state index contributed by atoms with van der Waals surface area (Å²) >= 11 is 0. The van der Waals surface area contributed by atoms with E-state index in [4.69, 9.17) is 4.74 Å². The van der Waals surface area contributed by atoms with Crippen molar-refractivity contribution in [3.8, 4) is 6.07 Å². The molecule has 2 fully saturated rings. The lowest BCUT2D eigenvalue weighted by Crippen LogP contribution is -2.79. The number of hydroxylamine groups is 2. The zero-order chi connectivity index (χ0) is 29.1. The molecule has 7 nitrogen and oxygen atoms in total. The van der Waals surface area contributed by atoms with Crippen molar-refractivity contribution in [2.45, 2.75) is 72.9 Å². The van der Waals surface area contributed by atoms with Gasteiger partial charge in [0.2, 0.25) is 0 Å². The van der Waals surface area contributed by atoms with Crippen LogP contribution in [-0.4, -0.2) is 47.8 Å². The smallest absolute Gasteiger partial charge is 0.309 e. The molecule has 0 amide bonds. The summed E-state index contributed by atoms with van der Waals surface area (Å²) in [5, 5.41) is 24.5. The van der Waals surface area contributed by atoms with E-state index in [1.165, 1.54) is 12.7 Å². The molecular weight excluding hydrogens is 490 g/mol. The number of methoxy groups -OCH3 is 1. The highest BCUT2D eigenvalue weighted by Crippen LogP contribution is 2.62. The first-order valence-corrected chi connectivity index (χ1v) is 14.4. The largest absolute Gasteiger partial charge is 0.469 e. The molecule has 10 atom stereocenters. The second-order valence-corrected chi connectivity index (χ2v) is 12.1. The van der Waals surface area contributed by atoms with Crippen LogP contribution in [0.3, 0.4) is 0 Å². The Morgan fingerprint density at radius 2 is 2.05 bits per heavy atom. The summed E-state index contributed by atoms with van der Waals surface area (Å²) < 4.78 is 5.32. The first-order chi connectivity index (χ1) is 18.5. The van der Waals surface area contributed by atoms with E-state index in [0.29, 0.717) is 24.3 Å². The third-order valence-electron chi connectivity index (χ3n) is 10.3. The number of esters is 1. The minimum Gasteiger partial charge on any atom is -0.469 e. The minimum absolute atomic E-state index is 0.0233. The van der Waals surface area contributed by atoms with Crippen LogP contribution >= 0.6 is 0 Å². The summed E-state index contributed by atoms with van der Waals surface area (Å²) in [4.78, 5) is 27.4. The van der Waals surface area contributed by atoms with Crippen LogP contribution in [-0.2, 0) is 14.3 Å². The van der Waals surface area contributed by atoms with E-state index >= 15 is 0 Å². The molecule has 0 aromatic rings. The molecule has 0 aromatic heterocycles. The molecule has 3 aliphatic rings. The van der Waals surface area contributed by atoms with Crippen LogP contribution in [0.4, 0.5) is 0 Å². The number of hydrogen-bond acceptors (Lipinski definition) is 7. The molecule has 7 unspecified atom stereocenters. The molecule has 2 N–H and O–H groups in total. The van der Waals surface area contributed by atoms with Gasteiger partial charge in [0, 0.05) is 36.2 Å². The summed E-state index contributed by atoms with van der Waals surface area (Å²) in [7, 11) is 1.43. The Hall–Kier alpha value is -2.69. The third kappa shape index (κ3) is 5.64. The van der Waals surface area contributed by atoms with Crippen LogP contribution in [0, 0.1) is 58.2 Å². The number of Topliss-reactive ketones (excluding diaryl/α,β-unsaturated/α-hetero) is 1. The zero-order valence-electron chi connectivity index (χ0n) is 24.7. The van der Waals surface area contributed by atoms with Crippen molar-refractivity contribution in [1.82, 2.24) is 10.4 Å². The predicted molar refractivity (Wildman–Crippen MR) is 152 cm³/mol. The van der Waals surface area contributed by atoms with Gasteiger partial charge in [-0.05, 0) is 61.3 Å². The number of piperidine rings is 1. The third-order valence-corrected chi connectivity index (χ3v) is 10.3. The Morgan fingerprint density at radius 1 is 1.36 bits per heavy atom. The normalized spacial score (nSPS) is 31.6. The molecule has 7 heteroatoms. The fourth-order valence-corrected chi connectivity index (χ4v) is 7.30. The molecule has 1 heterocycles. The van der Waals surface area contributed by atoms with Gasteiger partial charge in [-0.1, -0.05) is 58.4 Å². The quantitative estimate of drug-likeness (QED) is 0.183. The number of nitrogens with zero attached hydrogens (tertiary/aromatic N) is 2. The van der Waals surface area contributed by atoms with Crippen LogP contribution < -0.4 is 5.32 Å². The monoisotopic (exact) mass is 537 g/mol. The van der Waals surface area contributed by atoms with Gasteiger partial charge in [-0.25, -0.2) is 0 Å². The first-order valence-electron chi connectivity index (χ1n) is 14.4. The van der Waals surface area contributed by atoms with E-state index in [9.17, 15) is 20.1 Å². The summed E-state index contributed by atoms with van der Waals surface area (Å²) in [5.41, 5.74) is 1.35. The molecule has 0 aromatic carbocycles. The number of rotatable bonds is 13. The van der Waals surface area contributed by atoms with E-state index in [1.807, 2.05) is 32.9 Å². The number of nitrogens with one attached hydrogen (secondary N) is 1. The molecule has 0 bridgehead atoms. The standard InChI is InChI=1S/C32H47N3O4/c1-9-15-35(38)27(10-2)21(5)20(4)22(6)30(36)28-29-26(18-34-29)32(28,7)25(31(37)39-8)14-13-24-16-23(17-33)12-11-19(24)3/h9-10,12,15-16,19-22,25-29,34,38H,2,11,13-14,18H2,1,3-8H3/b15-9-/t19?,20-,21+,22-,25?,26?,27?,28?,29?,32?/m0/s1. The average molecular weight is 538 g/mol. The van der Waals surface area contributed by atoms with E-state index in [0.717, 1.165) is 18.0 Å². The van der Waals surface area contributed by atoms with Crippen molar-refractivity contribution < 1.29 is 19.5 Å². The Labute approximate surface area is 234 Å². The highest BCUT2D eigenvalue weighted by atomic mass is 16.5. The molecule has 0 spiro atoms. The lowest BCUT2D eigenvalue weighted by molar-refractivity contribution is -0.197. The number of ether oxygens (including phenoxy) is 1. The summed E-state index contributed by atoms with van der Waals surface area (Å²) in [6, 6.07) is 1.99. The van der Waals surface area contributed by atoms with Gasteiger partial charge < -0.3 is 10.1 Å². The van der Waals surface area contributed by atoms with Crippen LogP contribution in [0.5, 0.6) is 0 Å². The van der Waals surface area contributed by atoms with Crippen LogP contribution in [0.25, 0.3) is 0 Å². The molecule has 2 aliphatic carbocycles. The van der Waals surface area contributed by atoms with Gasteiger partial charge in [-0.15, -0.1) is 6.58 Å². The van der Waals surface area contributed by atoms with Gasteiger partial charge in [0.15, 0.2) is 0 Å². The Morgan fingerprint density at radius 3 is 2.59 bits per heavy atom. The summed E-state index contributed by atoms with van der Waals surface area (Å²) in [6.07, 6.45) is 11.1. The molecule has 214 valence electrons. The van der Waals surface area contributed by atoms with Crippen molar-refractivity contribution >= 4 is 11.8 Å². The van der Waals surface area contributed by atoms with E-state index < -0.39 is 11.3 Å². The molecule has 0 radical (unpaired) electrons. The van der Waals surface area contributed by atoms with E-state index in [-0.39, 0.29) is 53.4 Å². The van der Waals surface area contributed by atoms with Gasteiger partial charge in [-0.2, -0.15) is 5.26 Å². The number of hydrogen-bond donors (Lipinski definition) is 2. The van der Waals surface area contributed by atoms with Gasteiger partial charge in [0.25, 0.3) is 0 Å². The minimum atomic E-state index is -0.504. The highest BCUT2D eigenvalue weighted by Gasteiger charge is 2.69. The van der Waals surface area contributed by atoms with Gasteiger partial charge in [-0.3, -0.25) is 19.9 Å². The molecular formula is C32H47N3O4. The second kappa shape index (κ2) is 12.7. The van der Waals surface area contributed by atoms with Gasteiger partial charge >= 0.3 is 5.97 Å². The summed E-state index contributed by atoms with van der Waals surface area (Å²) in [6.45, 7) is 16.9. The Bertz CT molecular complexity index is 1070. The van der Waals surface area contributed by atoms with Crippen molar-refractivity contribution in [2.24, 2.45) is 46.8 Å². The number of nitriles is 1. The topological polar surface area (TPSA) is 103 Å². The number of carbonyl (C=O) groups excluding carboxylic acids is 2. The highest BCUT2D eigenvalue weighted by molar-refractivity contribution is 5.88. The SMILES string of the molecule is C=CC([C@H](C)[C@H](C)[C@H](C)C(=O)C1C2NCC2C1(C)C(CCC1=CC(C#N)=CCC1C)C(=O)OC)N(O)/C=C\C. The van der Waals surface area contributed by atoms with Crippen molar-refractivity contribution in [1.29, 1.82) is 5.26 Å². The first kappa shape index (κ1) is 30.8. The van der Waals surface area contributed by atoms with Crippen LogP contribution in [0.1, 0.15) is 60.8 Å². The zero-order valence-corrected chi connectivity index (χ0v) is 24.7. The lowest BCUT2D eigenvalue weighted by atomic mass is 9.40. The molecule has 39 heavy (non-hydrogen) atoms. The summed E-state index contributed by atoms with van der Waals surface area (Å²) in [5.74, 6) is -0.557. The van der Waals surface area contributed by atoms with Gasteiger partial charge in [0.05, 0.1) is 25.1 Å². The Kier molecular flexibility index (Phi) is 10.0. The Balaban J connectivity index is 1.83. The van der Waals surface area contributed by atoms with Crippen LogP contribution in [0.2, 0.25) is 0 Å². The van der Waals surface area contributed by atoms with Gasteiger partial charge in [0.1, 0.15) is 5.78 Å². The van der Waals surface area contributed by atoms with E-state index in [2.05, 4.69) is 38.7 Å². The van der Waals surface area contributed by atoms with E-state index in [1.54, 1.807) is 18.4 Å². The van der Waals surface area contributed by atoms with Crippen LogP contribution in [0.15, 0.2) is 48.2 Å².